The van der Waals surface area contributed by atoms with E-state index in [1.807, 2.05) is 0 Å². The molecule has 0 fully saturated rings. The molecule has 134 valence electrons. The lowest BCUT2D eigenvalue weighted by atomic mass is 10.1. The van der Waals surface area contributed by atoms with Gasteiger partial charge >= 0.3 is 0 Å². The van der Waals surface area contributed by atoms with Crippen molar-refractivity contribution < 1.29 is 23.2 Å². The number of hydrogen-bond acceptors (Lipinski definition) is 5. The molecule has 0 bridgehead atoms. The van der Waals surface area contributed by atoms with Crippen molar-refractivity contribution in [3.8, 4) is 11.4 Å². The first-order valence-corrected chi connectivity index (χ1v) is 7.77. The van der Waals surface area contributed by atoms with E-state index in [4.69, 9.17) is 4.52 Å². The number of carbonyl (C=O) groups excluding carboxylic acids is 1. The minimum absolute atomic E-state index is 0.0183. The molecule has 0 saturated heterocycles. The minimum atomic E-state index is -2.56. The molecule has 0 aliphatic rings. The number of carbonyl (C=O) groups is 1. The molecule has 0 aliphatic carbocycles. The van der Waals surface area contributed by atoms with E-state index in [2.05, 4.69) is 15.5 Å². The van der Waals surface area contributed by atoms with Gasteiger partial charge in [-0.05, 0) is 12.1 Å². The summed E-state index contributed by atoms with van der Waals surface area (Å²) in [6, 6.07) is 13.1. The predicted octanol–water partition coefficient (Wildman–Crippen LogP) is 3.14. The van der Waals surface area contributed by atoms with Crippen molar-refractivity contribution in [3.05, 3.63) is 71.6 Å². The molecular formula is C18H15F2N3O3. The van der Waals surface area contributed by atoms with E-state index in [1.54, 1.807) is 30.3 Å². The monoisotopic (exact) mass is 359 g/mol. The maximum absolute atomic E-state index is 12.6. The molecule has 0 aliphatic heterocycles. The minimum Gasteiger partial charge on any atom is -0.394 e. The van der Waals surface area contributed by atoms with Crippen molar-refractivity contribution in [1.82, 2.24) is 15.5 Å². The Kier molecular flexibility index (Phi) is 5.33. The highest BCUT2D eigenvalue weighted by Gasteiger charge is 2.21. The van der Waals surface area contributed by atoms with Gasteiger partial charge in [0.15, 0.2) is 0 Å². The van der Waals surface area contributed by atoms with Gasteiger partial charge in [0.2, 0.25) is 5.82 Å². The van der Waals surface area contributed by atoms with E-state index < -0.39 is 25.0 Å². The maximum atomic E-state index is 12.6. The first-order valence-electron chi connectivity index (χ1n) is 7.77. The second kappa shape index (κ2) is 7.83. The highest BCUT2D eigenvalue weighted by atomic mass is 19.3. The predicted molar refractivity (Wildman–Crippen MR) is 88.4 cm³/mol. The molecule has 0 radical (unpaired) electrons. The van der Waals surface area contributed by atoms with Gasteiger partial charge in [-0.25, -0.2) is 8.78 Å². The van der Waals surface area contributed by atoms with E-state index in [0.717, 1.165) is 0 Å². The summed E-state index contributed by atoms with van der Waals surface area (Å²) >= 11 is 0. The van der Waals surface area contributed by atoms with Crippen LogP contribution >= 0.6 is 0 Å². The van der Waals surface area contributed by atoms with Gasteiger partial charge in [-0.2, -0.15) is 4.98 Å². The zero-order chi connectivity index (χ0) is 18.5. The number of benzene rings is 2. The quantitative estimate of drug-likeness (QED) is 0.706. The average Bonchev–Trinajstić information content (AvgIpc) is 3.16. The van der Waals surface area contributed by atoms with Crippen LogP contribution in [-0.4, -0.2) is 27.8 Å². The van der Waals surface area contributed by atoms with Gasteiger partial charge in [-0.15, -0.1) is 0 Å². The molecule has 1 heterocycles. The molecule has 3 rings (SSSR count). The Morgan fingerprint density at radius 2 is 1.81 bits per heavy atom. The molecule has 1 amide bonds. The molecule has 26 heavy (non-hydrogen) atoms. The standard InChI is InChI=1S/C18H15F2N3O3/c19-15(20)11-6-8-12(9-7-11)16-22-18(26-23-16)14(10-24)21-17(25)13-4-2-1-3-5-13/h1-9,14-15,24H,10H2,(H,21,25)/t14-/m0/s1. The van der Waals surface area contributed by atoms with Gasteiger partial charge in [0.25, 0.3) is 18.2 Å². The van der Waals surface area contributed by atoms with Crippen LogP contribution in [0.15, 0.2) is 59.1 Å². The fourth-order valence-corrected chi connectivity index (χ4v) is 2.29. The highest BCUT2D eigenvalue weighted by molar-refractivity contribution is 5.94. The third-order valence-corrected chi connectivity index (χ3v) is 3.68. The van der Waals surface area contributed by atoms with Gasteiger partial charge in [0, 0.05) is 16.7 Å². The average molecular weight is 359 g/mol. The number of nitrogens with one attached hydrogen (secondary N) is 1. The Balaban J connectivity index is 1.75. The lowest BCUT2D eigenvalue weighted by molar-refractivity contribution is 0.0901. The third-order valence-electron chi connectivity index (χ3n) is 3.68. The summed E-state index contributed by atoms with van der Waals surface area (Å²) in [6.45, 7) is -0.440. The van der Waals surface area contributed by atoms with E-state index in [9.17, 15) is 18.7 Å². The number of amides is 1. The highest BCUT2D eigenvalue weighted by Crippen LogP contribution is 2.23. The molecule has 3 aromatic rings. The lowest BCUT2D eigenvalue weighted by Gasteiger charge is -2.11. The van der Waals surface area contributed by atoms with Crippen LogP contribution in [0.3, 0.4) is 0 Å². The van der Waals surface area contributed by atoms with E-state index >= 15 is 0 Å². The number of nitrogens with zero attached hydrogens (tertiary/aromatic N) is 2. The van der Waals surface area contributed by atoms with Crippen LogP contribution < -0.4 is 5.32 Å². The van der Waals surface area contributed by atoms with Crippen LogP contribution in [0.4, 0.5) is 8.78 Å². The Morgan fingerprint density at radius 3 is 2.42 bits per heavy atom. The summed E-state index contributed by atoms with van der Waals surface area (Å²) in [6.07, 6.45) is -2.56. The molecule has 6 nitrogen and oxygen atoms in total. The second-order valence-corrected chi connectivity index (χ2v) is 5.45. The fraction of sp³-hybridized carbons (Fsp3) is 0.167. The molecule has 1 aromatic heterocycles. The van der Waals surface area contributed by atoms with Crippen molar-refractivity contribution in [2.24, 2.45) is 0 Å². The number of alkyl halides is 2. The van der Waals surface area contributed by atoms with Gasteiger partial charge in [-0.1, -0.05) is 47.6 Å². The third kappa shape index (κ3) is 3.92. The van der Waals surface area contributed by atoms with E-state index in [-0.39, 0.29) is 17.3 Å². The maximum Gasteiger partial charge on any atom is 0.263 e. The van der Waals surface area contributed by atoms with Crippen molar-refractivity contribution in [2.75, 3.05) is 6.61 Å². The smallest absolute Gasteiger partial charge is 0.263 e. The number of hydrogen-bond donors (Lipinski definition) is 2. The summed E-state index contributed by atoms with van der Waals surface area (Å²) in [5.74, 6) is -0.205. The van der Waals surface area contributed by atoms with Crippen LogP contribution in [0.2, 0.25) is 0 Å². The van der Waals surface area contributed by atoms with Crippen LogP contribution in [0, 0.1) is 0 Å². The zero-order valence-electron chi connectivity index (χ0n) is 13.5. The Labute approximate surface area is 147 Å². The number of rotatable bonds is 6. The normalized spacial score (nSPS) is 12.2. The van der Waals surface area contributed by atoms with Crippen LogP contribution in [-0.2, 0) is 0 Å². The first kappa shape index (κ1) is 17.7. The first-order chi connectivity index (χ1) is 12.6. The molecule has 0 saturated carbocycles. The number of aliphatic hydroxyl groups is 1. The molecule has 8 heteroatoms. The zero-order valence-corrected chi connectivity index (χ0v) is 13.5. The van der Waals surface area contributed by atoms with Crippen molar-refractivity contribution in [1.29, 1.82) is 0 Å². The van der Waals surface area contributed by atoms with Crippen molar-refractivity contribution >= 4 is 5.91 Å². The van der Waals surface area contributed by atoms with Gasteiger partial charge < -0.3 is 14.9 Å². The van der Waals surface area contributed by atoms with Gasteiger partial charge in [0.1, 0.15) is 6.04 Å². The summed E-state index contributed by atoms with van der Waals surface area (Å²) in [7, 11) is 0. The summed E-state index contributed by atoms with van der Waals surface area (Å²) < 4.78 is 30.3. The molecule has 2 N–H and O–H groups in total. The largest absolute Gasteiger partial charge is 0.394 e. The van der Waals surface area contributed by atoms with Crippen LogP contribution in [0.5, 0.6) is 0 Å². The van der Waals surface area contributed by atoms with Crippen LogP contribution in [0.1, 0.15) is 34.3 Å². The molecule has 0 spiro atoms. The van der Waals surface area contributed by atoms with E-state index in [1.165, 1.54) is 24.3 Å². The van der Waals surface area contributed by atoms with Crippen molar-refractivity contribution in [3.63, 3.8) is 0 Å². The number of aliphatic hydroxyl groups excluding tert-OH is 1. The second-order valence-electron chi connectivity index (χ2n) is 5.45. The topological polar surface area (TPSA) is 88.2 Å². The summed E-state index contributed by atoms with van der Waals surface area (Å²) in [5.41, 5.74) is 0.796. The van der Waals surface area contributed by atoms with Gasteiger partial charge in [0.05, 0.1) is 6.61 Å². The molecule has 2 aromatic carbocycles. The van der Waals surface area contributed by atoms with Crippen molar-refractivity contribution in [2.45, 2.75) is 12.5 Å². The molecule has 1 atom stereocenters. The summed E-state index contributed by atoms with van der Waals surface area (Å²) in [5, 5.41) is 15.9. The molecular weight excluding hydrogens is 344 g/mol. The fourth-order valence-electron chi connectivity index (χ4n) is 2.29. The number of halogens is 2. The van der Waals surface area contributed by atoms with E-state index in [0.29, 0.717) is 11.1 Å². The Hall–Kier alpha value is -3.13. The Bertz CT molecular complexity index is 867. The lowest BCUT2D eigenvalue weighted by Crippen LogP contribution is -2.31. The summed E-state index contributed by atoms with van der Waals surface area (Å²) in [4.78, 5) is 16.3. The Morgan fingerprint density at radius 1 is 1.12 bits per heavy atom. The molecule has 0 unspecified atom stereocenters. The van der Waals surface area contributed by atoms with Crippen LogP contribution in [0.25, 0.3) is 11.4 Å². The SMILES string of the molecule is O=C(N[C@@H](CO)c1nc(-c2ccc(C(F)F)cc2)no1)c1ccccc1. The number of aromatic nitrogens is 2. The van der Waals surface area contributed by atoms with Gasteiger partial charge in [-0.3, -0.25) is 4.79 Å².